The van der Waals surface area contributed by atoms with Crippen LogP contribution in [0, 0.1) is 11.2 Å². The van der Waals surface area contributed by atoms with Gasteiger partial charge in [-0.15, -0.1) is 0 Å². The fourth-order valence-corrected chi connectivity index (χ4v) is 6.36. The van der Waals surface area contributed by atoms with Crippen LogP contribution >= 0.6 is 0 Å². The first-order chi connectivity index (χ1) is 15.9. The van der Waals surface area contributed by atoms with Crippen molar-refractivity contribution in [1.82, 2.24) is 9.21 Å². The Balaban J connectivity index is 1.57. The van der Waals surface area contributed by atoms with E-state index in [2.05, 4.69) is 0 Å². The van der Waals surface area contributed by atoms with Crippen molar-refractivity contribution in [3.63, 3.8) is 0 Å². The minimum absolute atomic E-state index is 0.0611. The lowest BCUT2D eigenvalue weighted by atomic mass is 9.78. The number of rotatable bonds is 7. The molecule has 4 rings (SSSR count). The van der Waals surface area contributed by atoms with Gasteiger partial charge in [0.1, 0.15) is 11.6 Å². The molecule has 2 fully saturated rings. The van der Waals surface area contributed by atoms with Crippen molar-refractivity contribution >= 4 is 15.9 Å². The van der Waals surface area contributed by atoms with E-state index in [0.29, 0.717) is 25.1 Å². The van der Waals surface area contributed by atoms with E-state index < -0.39 is 21.3 Å². The average molecular weight is 475 g/mol. The second-order valence-corrected chi connectivity index (χ2v) is 11.1. The van der Waals surface area contributed by atoms with Gasteiger partial charge in [-0.2, -0.15) is 4.31 Å². The lowest BCUT2D eigenvalue weighted by Crippen LogP contribution is -2.51. The largest absolute Gasteiger partial charge is 0.493 e. The van der Waals surface area contributed by atoms with Gasteiger partial charge in [0.15, 0.2) is 0 Å². The van der Waals surface area contributed by atoms with Crippen molar-refractivity contribution in [2.45, 2.75) is 43.4 Å². The van der Waals surface area contributed by atoms with Crippen molar-refractivity contribution in [2.24, 2.45) is 5.41 Å². The van der Waals surface area contributed by atoms with Gasteiger partial charge < -0.3 is 9.64 Å². The summed E-state index contributed by atoms with van der Waals surface area (Å²) in [6.07, 6.45) is 4.72. The highest BCUT2D eigenvalue weighted by Crippen LogP contribution is 2.37. The van der Waals surface area contributed by atoms with Gasteiger partial charge in [-0.25, -0.2) is 12.8 Å². The molecular weight excluding hydrogens is 443 g/mol. The summed E-state index contributed by atoms with van der Waals surface area (Å²) < 4.78 is 47.5. The van der Waals surface area contributed by atoms with E-state index in [-0.39, 0.29) is 30.4 Å². The van der Waals surface area contributed by atoms with Gasteiger partial charge >= 0.3 is 0 Å². The van der Waals surface area contributed by atoms with E-state index in [9.17, 15) is 17.6 Å². The molecule has 2 aromatic rings. The summed E-state index contributed by atoms with van der Waals surface area (Å²) in [7, 11) is -3.81. The Morgan fingerprint density at radius 3 is 2.33 bits per heavy atom. The Morgan fingerprint density at radius 1 is 0.939 bits per heavy atom. The molecule has 1 amide bonds. The molecule has 2 heterocycles. The van der Waals surface area contributed by atoms with E-state index in [1.165, 1.54) is 16.4 Å². The molecule has 0 spiro atoms. The first-order valence-electron chi connectivity index (χ1n) is 11.6. The van der Waals surface area contributed by atoms with Gasteiger partial charge in [0.05, 0.1) is 11.5 Å². The second kappa shape index (κ2) is 10.2. The normalized spacial score (nSPS) is 22.2. The van der Waals surface area contributed by atoms with E-state index in [1.807, 2.05) is 35.2 Å². The maximum absolute atomic E-state index is 13.4. The van der Waals surface area contributed by atoms with Crippen molar-refractivity contribution < 1.29 is 22.3 Å². The number of halogens is 1. The number of para-hydroxylation sites is 1. The molecule has 2 aromatic carbocycles. The number of amides is 1. The maximum atomic E-state index is 13.4. The van der Waals surface area contributed by atoms with Crippen molar-refractivity contribution in [1.29, 1.82) is 0 Å². The van der Waals surface area contributed by atoms with Crippen molar-refractivity contribution in [2.75, 3.05) is 32.8 Å². The Labute approximate surface area is 195 Å². The van der Waals surface area contributed by atoms with Crippen LogP contribution in [0.15, 0.2) is 59.5 Å². The molecule has 2 aliphatic heterocycles. The Bertz CT molecular complexity index is 1040. The van der Waals surface area contributed by atoms with Gasteiger partial charge in [0.2, 0.25) is 15.9 Å². The molecule has 2 saturated heterocycles. The van der Waals surface area contributed by atoms with Crippen LogP contribution in [0.1, 0.15) is 38.5 Å². The molecule has 0 aliphatic carbocycles. The zero-order chi connectivity index (χ0) is 23.3. The summed E-state index contributed by atoms with van der Waals surface area (Å²) >= 11 is 0. The molecule has 0 saturated carbocycles. The topological polar surface area (TPSA) is 66.9 Å². The highest BCUT2D eigenvalue weighted by Gasteiger charge is 2.43. The molecule has 178 valence electrons. The summed E-state index contributed by atoms with van der Waals surface area (Å²) in [5.41, 5.74) is -0.629. The smallest absolute Gasteiger partial charge is 0.243 e. The van der Waals surface area contributed by atoms with Crippen LogP contribution in [0.5, 0.6) is 5.75 Å². The fraction of sp³-hybridized carbons (Fsp3) is 0.480. The molecule has 0 aromatic heterocycles. The number of carbonyl (C=O) groups excluding carboxylic acids is 1. The van der Waals surface area contributed by atoms with Crippen molar-refractivity contribution in [3.05, 3.63) is 60.4 Å². The van der Waals surface area contributed by atoms with Crippen LogP contribution in [0.3, 0.4) is 0 Å². The van der Waals surface area contributed by atoms with E-state index in [1.54, 1.807) is 0 Å². The minimum Gasteiger partial charge on any atom is -0.493 e. The van der Waals surface area contributed by atoms with Crippen molar-refractivity contribution in [3.8, 4) is 5.75 Å². The van der Waals surface area contributed by atoms with E-state index in [4.69, 9.17) is 4.74 Å². The third kappa shape index (κ3) is 5.73. The lowest BCUT2D eigenvalue weighted by Gasteiger charge is -2.42. The number of piperidine rings is 2. The molecular formula is C25H31FN2O4S. The van der Waals surface area contributed by atoms with Gasteiger partial charge in [-0.05, 0) is 68.5 Å². The average Bonchev–Trinajstić information content (AvgIpc) is 2.84. The molecule has 2 aliphatic rings. The van der Waals surface area contributed by atoms with Gasteiger partial charge in [-0.3, -0.25) is 4.79 Å². The zero-order valence-corrected chi connectivity index (χ0v) is 19.6. The molecule has 0 radical (unpaired) electrons. The number of carbonyl (C=O) groups is 1. The Hall–Kier alpha value is -2.45. The molecule has 1 unspecified atom stereocenters. The number of nitrogens with zero attached hydrogens (tertiary/aromatic N) is 2. The standard InChI is InChI=1S/C25H31FN2O4S/c26-21-10-12-23(13-11-21)33(30,31)28-17-7-14-25(19-28,20-32-22-8-3-1-4-9-22)18-24(29)27-15-5-2-6-16-27/h1,3-4,8-13H,2,5-7,14-20H2. The SMILES string of the molecule is O=C(CC1(COc2ccccc2)CCCN(S(=O)(=O)c2ccc(F)cc2)C1)N1CCCCC1. The van der Waals surface area contributed by atoms with E-state index >= 15 is 0 Å². The number of hydrogen-bond donors (Lipinski definition) is 0. The molecule has 8 heteroatoms. The molecule has 33 heavy (non-hydrogen) atoms. The predicted octanol–water partition coefficient (Wildman–Crippen LogP) is 4.08. The molecule has 1 atom stereocenters. The lowest BCUT2D eigenvalue weighted by molar-refractivity contribution is -0.136. The first kappa shape index (κ1) is 23.7. The number of hydrogen-bond acceptors (Lipinski definition) is 4. The third-order valence-electron chi connectivity index (χ3n) is 6.60. The quantitative estimate of drug-likeness (QED) is 0.607. The summed E-state index contributed by atoms with van der Waals surface area (Å²) in [6.45, 7) is 2.33. The maximum Gasteiger partial charge on any atom is 0.243 e. The monoisotopic (exact) mass is 474 g/mol. The number of likely N-dealkylation sites (tertiary alicyclic amines) is 1. The van der Waals surface area contributed by atoms with Crippen LogP contribution in [0.25, 0.3) is 0 Å². The van der Waals surface area contributed by atoms with Crippen LogP contribution in [-0.2, 0) is 14.8 Å². The molecule has 6 nitrogen and oxygen atoms in total. The van der Waals surface area contributed by atoms with Gasteiger partial charge in [0.25, 0.3) is 0 Å². The summed E-state index contributed by atoms with van der Waals surface area (Å²) in [6, 6.07) is 14.3. The number of benzene rings is 2. The third-order valence-corrected chi connectivity index (χ3v) is 8.46. The first-order valence-corrected chi connectivity index (χ1v) is 13.0. The summed E-state index contributed by atoms with van der Waals surface area (Å²) in [4.78, 5) is 15.2. The van der Waals surface area contributed by atoms with Gasteiger partial charge in [0, 0.05) is 38.0 Å². The summed E-state index contributed by atoms with van der Waals surface area (Å²) in [5, 5.41) is 0. The second-order valence-electron chi connectivity index (χ2n) is 9.12. The van der Waals surface area contributed by atoms with E-state index in [0.717, 1.165) is 44.5 Å². The van der Waals surface area contributed by atoms with Gasteiger partial charge in [-0.1, -0.05) is 18.2 Å². The fourth-order valence-electron chi connectivity index (χ4n) is 4.77. The predicted molar refractivity (Wildman–Crippen MR) is 124 cm³/mol. The van der Waals surface area contributed by atoms with Crippen LogP contribution < -0.4 is 4.74 Å². The zero-order valence-electron chi connectivity index (χ0n) is 18.8. The van der Waals surface area contributed by atoms with Crippen LogP contribution in [0.4, 0.5) is 4.39 Å². The minimum atomic E-state index is -3.81. The number of sulfonamides is 1. The van der Waals surface area contributed by atoms with Crippen LogP contribution in [0.2, 0.25) is 0 Å². The number of ether oxygens (including phenoxy) is 1. The Morgan fingerprint density at radius 2 is 1.64 bits per heavy atom. The molecule has 0 bridgehead atoms. The highest BCUT2D eigenvalue weighted by atomic mass is 32.2. The van der Waals surface area contributed by atoms with Crippen LogP contribution in [-0.4, -0.2) is 56.3 Å². The summed E-state index contributed by atoms with van der Waals surface area (Å²) in [5.74, 6) is 0.276. The molecule has 0 N–H and O–H groups in total. The highest BCUT2D eigenvalue weighted by molar-refractivity contribution is 7.89. The Kier molecular flexibility index (Phi) is 7.34.